The van der Waals surface area contributed by atoms with Crippen LogP contribution in [0.5, 0.6) is 0 Å². The molecule has 0 radical (unpaired) electrons. The van der Waals surface area contributed by atoms with Crippen LogP contribution in [0, 0.1) is 0 Å². The van der Waals surface area contributed by atoms with Gasteiger partial charge in [0.2, 0.25) is 5.91 Å². The Morgan fingerprint density at radius 2 is 2.00 bits per heavy atom. The van der Waals surface area contributed by atoms with Gasteiger partial charge >= 0.3 is 5.97 Å². The van der Waals surface area contributed by atoms with Gasteiger partial charge in [0.25, 0.3) is 0 Å². The Morgan fingerprint density at radius 3 is 2.65 bits per heavy atom. The molecule has 2 rings (SSSR count). The van der Waals surface area contributed by atoms with Gasteiger partial charge in [-0.25, -0.2) is 4.79 Å². The number of hydrogen-bond donors (Lipinski definition) is 2. The van der Waals surface area contributed by atoms with Crippen molar-refractivity contribution in [2.45, 2.75) is 19.3 Å². The molecule has 108 valence electrons. The van der Waals surface area contributed by atoms with Gasteiger partial charge in [0, 0.05) is 17.4 Å². The molecule has 1 aromatic carbocycles. The molecule has 20 heavy (non-hydrogen) atoms. The molecule has 2 N–H and O–H groups in total. The third kappa shape index (κ3) is 3.80. The zero-order chi connectivity index (χ0) is 14.5. The minimum Gasteiger partial charge on any atom is -0.478 e. The standard InChI is InChI=1S/C14H17BrN2O3/c15-11-5-3-4-10(14(19)20)13(11)16-12(18)6-9-17-7-1-2-8-17/h3-5H,1-2,6-9H2,(H,16,18)(H,19,20). The molecule has 0 aromatic heterocycles. The van der Waals surface area contributed by atoms with E-state index in [2.05, 4.69) is 26.1 Å². The number of para-hydroxylation sites is 1. The van der Waals surface area contributed by atoms with E-state index in [1.54, 1.807) is 12.1 Å². The summed E-state index contributed by atoms with van der Waals surface area (Å²) in [6, 6.07) is 4.82. The van der Waals surface area contributed by atoms with Crippen LogP contribution >= 0.6 is 15.9 Å². The summed E-state index contributed by atoms with van der Waals surface area (Å²) < 4.78 is 0.576. The molecule has 1 aromatic rings. The monoisotopic (exact) mass is 340 g/mol. The average molecular weight is 341 g/mol. The Labute approximate surface area is 126 Å². The predicted molar refractivity (Wildman–Crippen MR) is 80.0 cm³/mol. The smallest absolute Gasteiger partial charge is 0.337 e. The first kappa shape index (κ1) is 15.0. The van der Waals surface area contributed by atoms with E-state index in [4.69, 9.17) is 5.11 Å². The fourth-order valence-electron chi connectivity index (χ4n) is 2.30. The Hall–Kier alpha value is -1.40. The number of anilines is 1. The summed E-state index contributed by atoms with van der Waals surface area (Å²) >= 11 is 3.27. The van der Waals surface area contributed by atoms with Crippen molar-refractivity contribution in [3.63, 3.8) is 0 Å². The van der Waals surface area contributed by atoms with E-state index < -0.39 is 5.97 Å². The van der Waals surface area contributed by atoms with E-state index in [1.807, 2.05) is 0 Å². The summed E-state index contributed by atoms with van der Waals surface area (Å²) in [4.78, 5) is 25.3. The number of rotatable bonds is 5. The van der Waals surface area contributed by atoms with Gasteiger partial charge in [0.15, 0.2) is 0 Å². The van der Waals surface area contributed by atoms with Crippen molar-refractivity contribution in [1.29, 1.82) is 0 Å². The first-order chi connectivity index (χ1) is 9.58. The number of nitrogens with zero attached hydrogens (tertiary/aromatic N) is 1. The maximum Gasteiger partial charge on any atom is 0.337 e. The highest BCUT2D eigenvalue weighted by Crippen LogP contribution is 2.26. The van der Waals surface area contributed by atoms with Gasteiger partial charge in [-0.2, -0.15) is 0 Å². The van der Waals surface area contributed by atoms with Gasteiger partial charge < -0.3 is 15.3 Å². The predicted octanol–water partition coefficient (Wildman–Crippen LogP) is 2.57. The lowest BCUT2D eigenvalue weighted by Crippen LogP contribution is -2.25. The molecule has 1 saturated heterocycles. The number of likely N-dealkylation sites (tertiary alicyclic amines) is 1. The quantitative estimate of drug-likeness (QED) is 0.864. The number of amides is 1. The molecule has 5 nitrogen and oxygen atoms in total. The molecule has 6 heteroatoms. The van der Waals surface area contributed by atoms with Crippen LogP contribution in [-0.4, -0.2) is 41.5 Å². The molecule has 0 unspecified atom stereocenters. The molecule has 0 saturated carbocycles. The third-order valence-electron chi connectivity index (χ3n) is 3.36. The highest BCUT2D eigenvalue weighted by atomic mass is 79.9. The maximum absolute atomic E-state index is 11.9. The summed E-state index contributed by atoms with van der Waals surface area (Å²) in [7, 11) is 0. The Kier molecular flexibility index (Phi) is 5.14. The molecule has 1 fully saturated rings. The minimum absolute atomic E-state index is 0.0916. The highest BCUT2D eigenvalue weighted by molar-refractivity contribution is 9.10. The van der Waals surface area contributed by atoms with Crippen molar-refractivity contribution in [3.8, 4) is 0 Å². The molecule has 1 heterocycles. The molecule has 0 bridgehead atoms. The van der Waals surface area contributed by atoms with Gasteiger partial charge in [-0.15, -0.1) is 0 Å². The molecule has 1 aliphatic rings. The van der Waals surface area contributed by atoms with Crippen LogP contribution < -0.4 is 5.32 Å². The first-order valence-electron chi connectivity index (χ1n) is 6.62. The van der Waals surface area contributed by atoms with Crippen LogP contribution in [0.1, 0.15) is 29.6 Å². The third-order valence-corrected chi connectivity index (χ3v) is 4.02. The number of carbonyl (C=O) groups is 2. The number of aromatic carboxylic acids is 1. The van der Waals surface area contributed by atoms with Crippen LogP contribution in [0.15, 0.2) is 22.7 Å². The summed E-state index contributed by atoms with van der Waals surface area (Å²) in [6.45, 7) is 2.81. The van der Waals surface area contributed by atoms with Gasteiger partial charge in [-0.05, 0) is 54.0 Å². The summed E-state index contributed by atoms with van der Waals surface area (Å²) in [5, 5.41) is 11.8. The molecule has 1 aliphatic heterocycles. The topological polar surface area (TPSA) is 69.6 Å². The zero-order valence-corrected chi connectivity index (χ0v) is 12.6. The highest BCUT2D eigenvalue weighted by Gasteiger charge is 2.17. The van der Waals surface area contributed by atoms with Gasteiger partial charge in [0.1, 0.15) is 0 Å². The first-order valence-corrected chi connectivity index (χ1v) is 7.41. The molecule has 1 amide bonds. The summed E-state index contributed by atoms with van der Waals surface area (Å²) in [5.41, 5.74) is 0.417. The number of carboxylic acid groups (broad SMARTS) is 1. The van der Waals surface area contributed by atoms with Crippen LogP contribution in [0.4, 0.5) is 5.69 Å². The van der Waals surface area contributed by atoms with Crippen LogP contribution in [-0.2, 0) is 4.79 Å². The fraction of sp³-hybridized carbons (Fsp3) is 0.429. The number of hydrogen-bond acceptors (Lipinski definition) is 3. The van der Waals surface area contributed by atoms with E-state index in [1.165, 1.54) is 18.9 Å². The van der Waals surface area contributed by atoms with Crippen LogP contribution in [0.3, 0.4) is 0 Å². The number of carbonyl (C=O) groups excluding carboxylic acids is 1. The number of carboxylic acids is 1. The van der Waals surface area contributed by atoms with E-state index >= 15 is 0 Å². The second kappa shape index (κ2) is 6.85. The van der Waals surface area contributed by atoms with E-state index in [0.29, 0.717) is 16.6 Å². The van der Waals surface area contributed by atoms with Gasteiger partial charge in [0.05, 0.1) is 11.3 Å². The van der Waals surface area contributed by atoms with E-state index in [-0.39, 0.29) is 11.5 Å². The van der Waals surface area contributed by atoms with Crippen molar-refractivity contribution >= 4 is 33.5 Å². The van der Waals surface area contributed by atoms with E-state index in [9.17, 15) is 9.59 Å². The van der Waals surface area contributed by atoms with Gasteiger partial charge in [-0.3, -0.25) is 4.79 Å². The van der Waals surface area contributed by atoms with Crippen LogP contribution in [0.25, 0.3) is 0 Å². The number of benzene rings is 1. The van der Waals surface area contributed by atoms with Crippen molar-refractivity contribution < 1.29 is 14.7 Å². The summed E-state index contributed by atoms with van der Waals surface area (Å²) in [6.07, 6.45) is 2.75. The lowest BCUT2D eigenvalue weighted by atomic mass is 10.1. The summed E-state index contributed by atoms with van der Waals surface area (Å²) in [5.74, 6) is -1.22. The second-order valence-corrected chi connectivity index (χ2v) is 5.67. The Bertz CT molecular complexity index is 513. The van der Waals surface area contributed by atoms with Crippen molar-refractivity contribution in [2.24, 2.45) is 0 Å². The Morgan fingerprint density at radius 1 is 1.30 bits per heavy atom. The lowest BCUT2D eigenvalue weighted by molar-refractivity contribution is -0.116. The number of nitrogens with one attached hydrogen (secondary N) is 1. The van der Waals surface area contributed by atoms with Crippen molar-refractivity contribution in [3.05, 3.63) is 28.2 Å². The van der Waals surface area contributed by atoms with Crippen molar-refractivity contribution in [2.75, 3.05) is 25.0 Å². The second-order valence-electron chi connectivity index (χ2n) is 4.81. The molecular formula is C14H17BrN2O3. The fourth-order valence-corrected chi connectivity index (χ4v) is 2.76. The van der Waals surface area contributed by atoms with Crippen LogP contribution in [0.2, 0.25) is 0 Å². The number of halogens is 1. The van der Waals surface area contributed by atoms with Crippen molar-refractivity contribution in [1.82, 2.24) is 4.90 Å². The van der Waals surface area contributed by atoms with Gasteiger partial charge in [-0.1, -0.05) is 6.07 Å². The molecule has 0 aliphatic carbocycles. The maximum atomic E-state index is 11.9. The molecular weight excluding hydrogens is 324 g/mol. The molecule has 0 spiro atoms. The average Bonchev–Trinajstić information content (AvgIpc) is 2.91. The Balaban J connectivity index is 1.98. The lowest BCUT2D eigenvalue weighted by Gasteiger charge is -2.15. The largest absolute Gasteiger partial charge is 0.478 e. The SMILES string of the molecule is O=C(CCN1CCCC1)Nc1c(Br)cccc1C(=O)O. The van der Waals surface area contributed by atoms with E-state index in [0.717, 1.165) is 19.6 Å². The zero-order valence-electron chi connectivity index (χ0n) is 11.1. The molecule has 0 atom stereocenters. The minimum atomic E-state index is -1.05. The normalized spacial score (nSPS) is 15.2.